The van der Waals surface area contributed by atoms with Crippen LogP contribution in [0.2, 0.25) is 5.02 Å². The molecule has 1 N–H and O–H groups in total. The van der Waals surface area contributed by atoms with Gasteiger partial charge in [0.25, 0.3) is 5.91 Å². The molecule has 2 heterocycles. The number of methoxy groups -OCH3 is 1. The minimum absolute atomic E-state index is 0.239. The Labute approximate surface area is 187 Å². The predicted molar refractivity (Wildman–Crippen MR) is 119 cm³/mol. The van der Waals surface area contributed by atoms with Gasteiger partial charge in [0, 0.05) is 36.6 Å². The van der Waals surface area contributed by atoms with Crippen molar-refractivity contribution in [3.05, 3.63) is 82.2 Å². The molecule has 1 aliphatic heterocycles. The van der Waals surface area contributed by atoms with E-state index in [1.165, 1.54) is 0 Å². The number of nitrogens with zero attached hydrogens (tertiary/aromatic N) is 2. The fourth-order valence-electron chi connectivity index (χ4n) is 3.91. The number of hydrogen-bond donors (Lipinski definition) is 1. The molecular formula is C24H26ClN3O3. The van der Waals surface area contributed by atoms with Crippen LogP contribution in [-0.4, -0.2) is 36.2 Å². The Bertz CT molecular complexity index is 1020. The van der Waals surface area contributed by atoms with Crippen molar-refractivity contribution in [2.45, 2.75) is 31.8 Å². The van der Waals surface area contributed by atoms with E-state index in [0.29, 0.717) is 6.54 Å². The molecule has 1 amide bonds. The van der Waals surface area contributed by atoms with Crippen molar-refractivity contribution < 1.29 is 14.1 Å². The standard InChI is InChI=1S/C24H26ClN3O3/c1-30-20-10-8-17(9-11-20)14-26-24(29)23-13-22(27-31-23)19-6-4-12-28(16-19)15-18-5-2-3-7-21(18)25/h2-3,5,7-11,13,19H,4,6,12,14-16H2,1H3,(H,26,29). The van der Waals surface area contributed by atoms with Crippen molar-refractivity contribution in [1.29, 1.82) is 0 Å². The number of benzene rings is 2. The van der Waals surface area contributed by atoms with Gasteiger partial charge in [0.05, 0.1) is 12.8 Å². The van der Waals surface area contributed by atoms with E-state index in [-0.39, 0.29) is 17.6 Å². The average Bonchev–Trinajstić information content (AvgIpc) is 3.30. The third-order valence-corrected chi connectivity index (χ3v) is 6.01. The largest absolute Gasteiger partial charge is 0.497 e. The van der Waals surface area contributed by atoms with Crippen LogP contribution < -0.4 is 10.1 Å². The number of amides is 1. The fraction of sp³-hybridized carbons (Fsp3) is 0.333. The van der Waals surface area contributed by atoms with Crippen molar-refractivity contribution in [3.63, 3.8) is 0 Å². The van der Waals surface area contributed by atoms with Crippen LogP contribution in [0, 0.1) is 0 Å². The minimum Gasteiger partial charge on any atom is -0.497 e. The Balaban J connectivity index is 1.33. The Kier molecular flexibility index (Phi) is 6.89. The summed E-state index contributed by atoms with van der Waals surface area (Å²) in [6.07, 6.45) is 2.10. The van der Waals surface area contributed by atoms with Gasteiger partial charge in [0.2, 0.25) is 5.76 Å². The minimum atomic E-state index is -0.265. The van der Waals surface area contributed by atoms with Crippen LogP contribution in [0.4, 0.5) is 0 Å². The number of ether oxygens (including phenoxy) is 1. The van der Waals surface area contributed by atoms with Gasteiger partial charge in [0.1, 0.15) is 5.75 Å². The molecule has 7 heteroatoms. The summed E-state index contributed by atoms with van der Waals surface area (Å²) in [6.45, 7) is 3.11. The molecule has 0 saturated carbocycles. The number of rotatable bonds is 7. The lowest BCUT2D eigenvalue weighted by Crippen LogP contribution is -2.34. The fourth-order valence-corrected chi connectivity index (χ4v) is 4.10. The first-order valence-corrected chi connectivity index (χ1v) is 10.8. The zero-order valence-electron chi connectivity index (χ0n) is 17.5. The second-order valence-electron chi connectivity index (χ2n) is 7.81. The molecule has 0 bridgehead atoms. The van der Waals surface area contributed by atoms with Gasteiger partial charge in [0.15, 0.2) is 0 Å². The molecule has 1 fully saturated rings. The van der Waals surface area contributed by atoms with E-state index in [4.69, 9.17) is 20.9 Å². The molecule has 162 valence electrons. The van der Waals surface area contributed by atoms with Gasteiger partial charge in [-0.25, -0.2) is 0 Å². The summed E-state index contributed by atoms with van der Waals surface area (Å²) in [6, 6.07) is 17.3. The topological polar surface area (TPSA) is 67.6 Å². The van der Waals surface area contributed by atoms with Crippen molar-refractivity contribution in [2.24, 2.45) is 0 Å². The monoisotopic (exact) mass is 439 g/mol. The summed E-state index contributed by atoms with van der Waals surface area (Å²) in [5, 5.41) is 7.86. The highest BCUT2D eigenvalue weighted by Gasteiger charge is 2.25. The number of halogens is 1. The molecule has 4 rings (SSSR count). The van der Waals surface area contributed by atoms with Gasteiger partial charge in [-0.1, -0.05) is 47.1 Å². The summed E-state index contributed by atoms with van der Waals surface area (Å²) in [5.41, 5.74) is 2.94. The Morgan fingerprint density at radius 3 is 2.84 bits per heavy atom. The van der Waals surface area contributed by atoms with Gasteiger partial charge < -0.3 is 14.6 Å². The molecule has 1 aromatic heterocycles. The summed E-state index contributed by atoms with van der Waals surface area (Å²) < 4.78 is 10.5. The smallest absolute Gasteiger partial charge is 0.290 e. The molecule has 1 saturated heterocycles. The zero-order valence-corrected chi connectivity index (χ0v) is 18.3. The van der Waals surface area contributed by atoms with Crippen LogP contribution in [0.15, 0.2) is 59.1 Å². The van der Waals surface area contributed by atoms with Gasteiger partial charge in [-0.15, -0.1) is 0 Å². The maximum Gasteiger partial charge on any atom is 0.290 e. The van der Waals surface area contributed by atoms with Crippen LogP contribution in [0.5, 0.6) is 5.75 Å². The molecule has 1 atom stereocenters. The van der Waals surface area contributed by atoms with E-state index < -0.39 is 0 Å². The maximum absolute atomic E-state index is 12.5. The second kappa shape index (κ2) is 9.98. The van der Waals surface area contributed by atoms with E-state index in [2.05, 4.69) is 21.4 Å². The number of carbonyl (C=O) groups excluding carboxylic acids is 1. The Hall–Kier alpha value is -2.83. The third-order valence-electron chi connectivity index (χ3n) is 5.64. The number of hydrogen-bond acceptors (Lipinski definition) is 5. The SMILES string of the molecule is COc1ccc(CNC(=O)c2cc(C3CCCN(Cc4ccccc4Cl)C3)no2)cc1. The van der Waals surface area contributed by atoms with Crippen molar-refractivity contribution >= 4 is 17.5 Å². The van der Waals surface area contributed by atoms with Crippen molar-refractivity contribution in [1.82, 2.24) is 15.4 Å². The number of aromatic nitrogens is 1. The molecule has 31 heavy (non-hydrogen) atoms. The number of likely N-dealkylation sites (tertiary alicyclic amines) is 1. The second-order valence-corrected chi connectivity index (χ2v) is 8.22. The quantitative estimate of drug-likeness (QED) is 0.580. The lowest BCUT2D eigenvalue weighted by atomic mass is 9.94. The van der Waals surface area contributed by atoms with Crippen LogP contribution in [0.1, 0.15) is 46.1 Å². The van der Waals surface area contributed by atoms with E-state index in [1.807, 2.05) is 42.5 Å². The van der Waals surface area contributed by atoms with Gasteiger partial charge >= 0.3 is 0 Å². The van der Waals surface area contributed by atoms with E-state index >= 15 is 0 Å². The molecule has 0 radical (unpaired) electrons. The summed E-state index contributed by atoms with van der Waals surface area (Å²) >= 11 is 6.32. The first-order chi connectivity index (χ1) is 15.1. The van der Waals surface area contributed by atoms with E-state index in [1.54, 1.807) is 13.2 Å². The average molecular weight is 440 g/mol. The van der Waals surface area contributed by atoms with Crippen LogP contribution in [0.3, 0.4) is 0 Å². The molecule has 0 spiro atoms. The lowest BCUT2D eigenvalue weighted by Gasteiger charge is -2.31. The number of nitrogens with one attached hydrogen (secondary N) is 1. The zero-order chi connectivity index (χ0) is 21.6. The van der Waals surface area contributed by atoms with Crippen LogP contribution >= 0.6 is 11.6 Å². The van der Waals surface area contributed by atoms with Gasteiger partial charge in [-0.3, -0.25) is 9.69 Å². The number of piperidine rings is 1. The highest BCUT2D eigenvalue weighted by molar-refractivity contribution is 6.31. The first kappa shape index (κ1) is 21.4. The van der Waals surface area contributed by atoms with Gasteiger partial charge in [-0.05, 0) is 48.7 Å². The summed E-state index contributed by atoms with van der Waals surface area (Å²) in [5.74, 6) is 0.999. The lowest BCUT2D eigenvalue weighted by molar-refractivity contribution is 0.0913. The maximum atomic E-state index is 12.5. The highest BCUT2D eigenvalue weighted by atomic mass is 35.5. The molecule has 3 aromatic rings. The molecule has 2 aromatic carbocycles. The van der Waals surface area contributed by atoms with E-state index in [9.17, 15) is 4.79 Å². The molecule has 1 unspecified atom stereocenters. The van der Waals surface area contributed by atoms with Crippen molar-refractivity contribution in [3.8, 4) is 5.75 Å². The van der Waals surface area contributed by atoms with Gasteiger partial charge in [-0.2, -0.15) is 0 Å². The summed E-state index contributed by atoms with van der Waals surface area (Å²) in [4.78, 5) is 14.9. The van der Waals surface area contributed by atoms with Crippen LogP contribution in [0.25, 0.3) is 0 Å². The Morgan fingerprint density at radius 2 is 2.06 bits per heavy atom. The molecule has 6 nitrogen and oxygen atoms in total. The van der Waals surface area contributed by atoms with E-state index in [0.717, 1.165) is 60.1 Å². The molecule has 1 aliphatic rings. The first-order valence-electron chi connectivity index (χ1n) is 10.5. The third kappa shape index (κ3) is 5.46. The Morgan fingerprint density at radius 1 is 1.26 bits per heavy atom. The molecule has 0 aliphatic carbocycles. The van der Waals surface area contributed by atoms with Crippen molar-refractivity contribution in [2.75, 3.05) is 20.2 Å². The normalized spacial score (nSPS) is 16.8. The number of carbonyl (C=O) groups is 1. The predicted octanol–water partition coefficient (Wildman–Crippen LogP) is 4.65. The summed E-state index contributed by atoms with van der Waals surface area (Å²) in [7, 11) is 1.63. The molecular weight excluding hydrogens is 414 g/mol. The highest BCUT2D eigenvalue weighted by Crippen LogP contribution is 2.28. The van der Waals surface area contributed by atoms with Crippen LogP contribution in [-0.2, 0) is 13.1 Å².